The number of thiophene rings is 1. The van der Waals surface area contributed by atoms with E-state index in [1.165, 1.54) is 11.3 Å². The van der Waals surface area contributed by atoms with Crippen LogP contribution in [0.5, 0.6) is 5.75 Å². The van der Waals surface area contributed by atoms with Crippen molar-refractivity contribution in [1.82, 2.24) is 0 Å². The third kappa shape index (κ3) is 3.05. The first-order valence-corrected chi connectivity index (χ1v) is 9.01. The highest BCUT2D eigenvalue weighted by Gasteiger charge is 2.23. The number of ether oxygens (including phenoxy) is 2. The molecule has 2 heterocycles. The molecule has 4 rings (SSSR count). The minimum absolute atomic E-state index is 0.280. The number of para-hydroxylation sites is 1. The number of aryl methyl sites for hydroxylation is 2. The number of benzene rings is 2. The lowest BCUT2D eigenvalue weighted by atomic mass is 10.1. The van der Waals surface area contributed by atoms with Crippen molar-refractivity contribution in [2.24, 2.45) is 0 Å². The molecule has 0 bridgehead atoms. The quantitative estimate of drug-likeness (QED) is 0.603. The summed E-state index contributed by atoms with van der Waals surface area (Å²) < 4.78 is 11.3. The fraction of sp³-hybridized carbons (Fsp3) is 0.190. The van der Waals surface area contributed by atoms with Crippen molar-refractivity contribution < 1.29 is 14.3 Å². The van der Waals surface area contributed by atoms with Crippen molar-refractivity contribution in [2.75, 3.05) is 0 Å². The maximum Gasteiger partial charge on any atom is 0.348 e. The minimum atomic E-state index is -0.280. The number of hydrogen-bond acceptors (Lipinski definition) is 4. The summed E-state index contributed by atoms with van der Waals surface area (Å²) in [6.07, 6.45) is 0. The molecular weight excluding hydrogens is 332 g/mol. The Balaban J connectivity index is 1.55. The molecule has 0 N–H and O–H groups in total. The molecule has 4 heteroatoms. The molecule has 0 saturated heterocycles. The molecule has 0 radical (unpaired) electrons. The van der Waals surface area contributed by atoms with Gasteiger partial charge in [0, 0.05) is 16.0 Å². The van der Waals surface area contributed by atoms with Crippen molar-refractivity contribution in [3.63, 3.8) is 0 Å². The molecule has 3 aromatic rings. The lowest BCUT2D eigenvalue weighted by Gasteiger charge is -2.16. The van der Waals surface area contributed by atoms with Crippen LogP contribution in [-0.4, -0.2) is 5.97 Å². The topological polar surface area (TPSA) is 35.5 Å². The van der Waals surface area contributed by atoms with E-state index in [0.717, 1.165) is 38.4 Å². The van der Waals surface area contributed by atoms with E-state index in [0.29, 0.717) is 18.1 Å². The first kappa shape index (κ1) is 15.9. The van der Waals surface area contributed by atoms with E-state index in [1.807, 2.05) is 44.2 Å². The zero-order valence-corrected chi connectivity index (χ0v) is 15.0. The molecule has 0 atom stereocenters. The number of hydrogen-bond donors (Lipinski definition) is 0. The third-order valence-corrected chi connectivity index (χ3v) is 5.58. The summed E-state index contributed by atoms with van der Waals surface area (Å²) in [6, 6.07) is 16.0. The maximum atomic E-state index is 12.5. The van der Waals surface area contributed by atoms with Gasteiger partial charge in [-0.3, -0.25) is 0 Å². The average Bonchev–Trinajstić information content (AvgIpc) is 3.07. The van der Waals surface area contributed by atoms with Gasteiger partial charge in [-0.15, -0.1) is 11.3 Å². The molecule has 3 nitrogen and oxygen atoms in total. The highest BCUT2D eigenvalue weighted by Crippen LogP contribution is 2.42. The summed E-state index contributed by atoms with van der Waals surface area (Å²) in [4.78, 5) is 14.2. The molecule has 0 aliphatic carbocycles. The second-order valence-electron chi connectivity index (χ2n) is 6.26. The van der Waals surface area contributed by atoms with Crippen molar-refractivity contribution in [3.05, 3.63) is 75.7 Å². The summed E-state index contributed by atoms with van der Waals surface area (Å²) in [7, 11) is 0. The van der Waals surface area contributed by atoms with Crippen LogP contribution in [0.1, 0.15) is 31.9 Å². The van der Waals surface area contributed by atoms with Crippen molar-refractivity contribution in [3.8, 4) is 16.2 Å². The number of fused-ring (bicyclic) bond motifs is 3. The molecule has 1 aromatic heterocycles. The van der Waals surface area contributed by atoms with Crippen LogP contribution in [0.15, 0.2) is 48.5 Å². The third-order valence-electron chi connectivity index (χ3n) is 4.39. The van der Waals surface area contributed by atoms with Crippen LogP contribution in [0.4, 0.5) is 0 Å². The summed E-state index contributed by atoms with van der Waals surface area (Å²) >= 11 is 1.47. The summed E-state index contributed by atoms with van der Waals surface area (Å²) in [6.45, 7) is 4.85. The Bertz CT molecular complexity index is 956. The van der Waals surface area contributed by atoms with E-state index in [9.17, 15) is 4.79 Å². The van der Waals surface area contributed by atoms with Crippen LogP contribution in [0, 0.1) is 13.8 Å². The lowest BCUT2D eigenvalue weighted by molar-refractivity contribution is 0.0478. The Morgan fingerprint density at radius 2 is 2.00 bits per heavy atom. The van der Waals surface area contributed by atoms with Crippen LogP contribution >= 0.6 is 11.3 Å². The Morgan fingerprint density at radius 1 is 1.16 bits per heavy atom. The fourth-order valence-electron chi connectivity index (χ4n) is 2.97. The van der Waals surface area contributed by atoms with Gasteiger partial charge in [0.25, 0.3) is 0 Å². The second-order valence-corrected chi connectivity index (χ2v) is 7.31. The molecular formula is C21H18O3S. The van der Waals surface area contributed by atoms with Crippen LogP contribution in [0.25, 0.3) is 10.4 Å². The van der Waals surface area contributed by atoms with E-state index in [-0.39, 0.29) is 5.97 Å². The van der Waals surface area contributed by atoms with E-state index in [4.69, 9.17) is 9.47 Å². The molecule has 25 heavy (non-hydrogen) atoms. The Kier molecular flexibility index (Phi) is 4.06. The van der Waals surface area contributed by atoms with E-state index < -0.39 is 0 Å². The number of esters is 1. The van der Waals surface area contributed by atoms with Gasteiger partial charge in [-0.05, 0) is 43.2 Å². The van der Waals surface area contributed by atoms with Crippen molar-refractivity contribution in [2.45, 2.75) is 27.1 Å². The SMILES string of the molecule is Cc1ccc(C)c(COC(=O)c2cc3c(s2)-c2ccccc2OC3)c1. The normalized spacial score (nSPS) is 12.1. The molecule has 126 valence electrons. The van der Waals surface area contributed by atoms with E-state index in [1.54, 1.807) is 0 Å². The van der Waals surface area contributed by atoms with Gasteiger partial charge >= 0.3 is 5.97 Å². The average molecular weight is 350 g/mol. The Morgan fingerprint density at radius 3 is 2.88 bits per heavy atom. The highest BCUT2D eigenvalue weighted by atomic mass is 32.1. The van der Waals surface area contributed by atoms with Gasteiger partial charge in [0.15, 0.2) is 0 Å². The maximum absolute atomic E-state index is 12.5. The first-order valence-electron chi connectivity index (χ1n) is 8.20. The standard InChI is InChI=1S/C21H18O3S/c1-13-7-8-14(2)15(9-13)11-24-21(22)19-10-16-12-23-18-6-4-3-5-17(18)20(16)25-19/h3-10H,11-12H2,1-2H3. The molecule has 0 spiro atoms. The lowest BCUT2D eigenvalue weighted by Crippen LogP contribution is -2.04. The van der Waals surface area contributed by atoms with Gasteiger partial charge in [0.2, 0.25) is 0 Å². The number of carbonyl (C=O) groups is 1. The van der Waals surface area contributed by atoms with Gasteiger partial charge in [0.1, 0.15) is 23.8 Å². The van der Waals surface area contributed by atoms with Gasteiger partial charge in [-0.2, -0.15) is 0 Å². The van der Waals surface area contributed by atoms with Gasteiger partial charge in [-0.25, -0.2) is 4.79 Å². The molecule has 1 aliphatic rings. The fourth-order valence-corrected chi connectivity index (χ4v) is 4.06. The highest BCUT2D eigenvalue weighted by molar-refractivity contribution is 7.17. The smallest absolute Gasteiger partial charge is 0.348 e. The van der Waals surface area contributed by atoms with Crippen LogP contribution in [0.2, 0.25) is 0 Å². The monoisotopic (exact) mass is 350 g/mol. The summed E-state index contributed by atoms with van der Waals surface area (Å²) in [5.41, 5.74) is 5.43. The molecule has 1 aliphatic heterocycles. The largest absolute Gasteiger partial charge is 0.488 e. The van der Waals surface area contributed by atoms with Gasteiger partial charge in [-0.1, -0.05) is 35.9 Å². The minimum Gasteiger partial charge on any atom is -0.488 e. The van der Waals surface area contributed by atoms with Gasteiger partial charge < -0.3 is 9.47 Å². The summed E-state index contributed by atoms with van der Waals surface area (Å²) in [5.74, 6) is 0.588. The predicted molar refractivity (Wildman–Crippen MR) is 99.1 cm³/mol. The zero-order valence-electron chi connectivity index (χ0n) is 14.2. The number of rotatable bonds is 3. The molecule has 0 saturated carbocycles. The van der Waals surface area contributed by atoms with Crippen LogP contribution < -0.4 is 4.74 Å². The van der Waals surface area contributed by atoms with E-state index >= 15 is 0 Å². The molecule has 2 aromatic carbocycles. The molecule has 0 fully saturated rings. The Labute approximate surface area is 150 Å². The van der Waals surface area contributed by atoms with E-state index in [2.05, 4.69) is 18.2 Å². The molecule has 0 unspecified atom stereocenters. The second kappa shape index (κ2) is 6.37. The van der Waals surface area contributed by atoms with Gasteiger partial charge in [0.05, 0.1) is 0 Å². The Hall–Kier alpha value is -2.59. The van der Waals surface area contributed by atoms with Crippen LogP contribution in [0.3, 0.4) is 0 Å². The van der Waals surface area contributed by atoms with Crippen molar-refractivity contribution >= 4 is 17.3 Å². The zero-order chi connectivity index (χ0) is 17.4. The van der Waals surface area contributed by atoms with Crippen LogP contribution in [-0.2, 0) is 18.0 Å². The number of carbonyl (C=O) groups excluding carboxylic acids is 1. The first-order chi connectivity index (χ1) is 12.1. The predicted octanol–water partition coefficient (Wildman–Crippen LogP) is 5.28. The summed E-state index contributed by atoms with van der Waals surface area (Å²) in [5, 5.41) is 0. The molecule has 0 amide bonds. The van der Waals surface area contributed by atoms with Crippen molar-refractivity contribution in [1.29, 1.82) is 0 Å².